The average molecular weight is 271 g/mol. The van der Waals surface area contributed by atoms with Gasteiger partial charge < -0.3 is 5.32 Å². The molecule has 0 aliphatic rings. The van der Waals surface area contributed by atoms with Crippen LogP contribution in [-0.4, -0.2) is 16.3 Å². The highest BCUT2D eigenvalue weighted by Gasteiger charge is 2.12. The van der Waals surface area contributed by atoms with Gasteiger partial charge in [0.1, 0.15) is 0 Å². The van der Waals surface area contributed by atoms with Crippen LogP contribution in [0.2, 0.25) is 0 Å². The van der Waals surface area contributed by atoms with Crippen molar-refractivity contribution in [2.45, 2.75) is 33.4 Å². The Morgan fingerprint density at radius 3 is 2.70 bits per heavy atom. The molecule has 4 heteroatoms. The molecule has 1 aromatic carbocycles. The second-order valence-electron chi connectivity index (χ2n) is 5.08. The smallest absolute Gasteiger partial charge is 0.267 e. The van der Waals surface area contributed by atoms with Crippen LogP contribution in [0.4, 0.5) is 0 Å². The second-order valence-corrected chi connectivity index (χ2v) is 5.08. The molecule has 0 bridgehead atoms. The van der Waals surface area contributed by atoms with Crippen LogP contribution in [-0.2, 0) is 6.54 Å². The van der Waals surface area contributed by atoms with Gasteiger partial charge in [0.2, 0.25) is 0 Å². The summed E-state index contributed by atoms with van der Waals surface area (Å²) < 4.78 is 1.52. The summed E-state index contributed by atoms with van der Waals surface area (Å²) >= 11 is 0. The molecule has 0 fully saturated rings. The molecule has 0 aliphatic heterocycles. The van der Waals surface area contributed by atoms with Gasteiger partial charge >= 0.3 is 0 Å². The van der Waals surface area contributed by atoms with Crippen molar-refractivity contribution in [3.63, 3.8) is 0 Å². The fourth-order valence-corrected chi connectivity index (χ4v) is 2.26. The summed E-state index contributed by atoms with van der Waals surface area (Å²) in [6.45, 7) is 7.40. The summed E-state index contributed by atoms with van der Waals surface area (Å²) in [4.78, 5) is 12.0. The molecule has 1 heterocycles. The van der Waals surface area contributed by atoms with Gasteiger partial charge in [0.15, 0.2) is 0 Å². The molecule has 1 unspecified atom stereocenters. The predicted molar refractivity (Wildman–Crippen MR) is 80.8 cm³/mol. The molecule has 106 valence electrons. The van der Waals surface area contributed by atoms with E-state index in [4.69, 9.17) is 0 Å². The first kappa shape index (κ1) is 14.5. The average Bonchev–Trinajstić information content (AvgIpc) is 2.41. The maximum Gasteiger partial charge on any atom is 0.267 e. The Balaban J connectivity index is 2.27. The standard InChI is InChI=1S/C16H21N3O/c1-4-17-15(14-7-5-6-12(2)8-14)11-19-16(20)9-13(3)10-18-19/h5-10,15,17H,4,11H2,1-3H3. The Kier molecular flexibility index (Phi) is 4.69. The van der Waals surface area contributed by atoms with Crippen LogP contribution in [0.1, 0.15) is 29.7 Å². The minimum Gasteiger partial charge on any atom is -0.309 e. The van der Waals surface area contributed by atoms with Crippen LogP contribution in [0.25, 0.3) is 0 Å². The van der Waals surface area contributed by atoms with Gasteiger partial charge in [0.25, 0.3) is 5.56 Å². The highest BCUT2D eigenvalue weighted by Crippen LogP contribution is 2.15. The number of benzene rings is 1. The first-order chi connectivity index (χ1) is 9.60. The first-order valence-corrected chi connectivity index (χ1v) is 6.94. The van der Waals surface area contributed by atoms with Crippen molar-refractivity contribution < 1.29 is 0 Å². The van der Waals surface area contributed by atoms with Crippen molar-refractivity contribution >= 4 is 0 Å². The predicted octanol–water partition coefficient (Wildman–Crippen LogP) is 2.21. The third-order valence-electron chi connectivity index (χ3n) is 3.26. The number of hydrogen-bond acceptors (Lipinski definition) is 3. The fraction of sp³-hybridized carbons (Fsp3) is 0.375. The van der Waals surface area contributed by atoms with Crippen molar-refractivity contribution in [3.05, 3.63) is 63.6 Å². The van der Waals surface area contributed by atoms with E-state index in [2.05, 4.69) is 42.5 Å². The van der Waals surface area contributed by atoms with Gasteiger partial charge in [-0.1, -0.05) is 36.8 Å². The summed E-state index contributed by atoms with van der Waals surface area (Å²) in [6.07, 6.45) is 1.72. The van der Waals surface area contributed by atoms with Gasteiger partial charge in [-0.3, -0.25) is 4.79 Å². The molecular formula is C16H21N3O. The van der Waals surface area contributed by atoms with Crippen LogP contribution in [0.15, 0.2) is 41.3 Å². The van der Waals surface area contributed by atoms with E-state index >= 15 is 0 Å². The van der Waals surface area contributed by atoms with E-state index in [0.717, 1.165) is 12.1 Å². The van der Waals surface area contributed by atoms with Crippen molar-refractivity contribution in [2.24, 2.45) is 0 Å². The number of hydrogen-bond donors (Lipinski definition) is 1. The van der Waals surface area contributed by atoms with E-state index in [1.165, 1.54) is 15.8 Å². The van der Waals surface area contributed by atoms with Gasteiger partial charge in [-0.25, -0.2) is 4.68 Å². The topological polar surface area (TPSA) is 46.9 Å². The van der Waals surface area contributed by atoms with Crippen LogP contribution in [0, 0.1) is 13.8 Å². The quantitative estimate of drug-likeness (QED) is 0.907. The van der Waals surface area contributed by atoms with Crippen molar-refractivity contribution in [3.8, 4) is 0 Å². The van der Waals surface area contributed by atoms with Gasteiger partial charge in [-0.15, -0.1) is 0 Å². The van der Waals surface area contributed by atoms with E-state index in [1.54, 1.807) is 12.3 Å². The number of aromatic nitrogens is 2. The lowest BCUT2D eigenvalue weighted by molar-refractivity contribution is 0.433. The summed E-state index contributed by atoms with van der Waals surface area (Å²) in [5.41, 5.74) is 3.23. The maximum atomic E-state index is 12.0. The Morgan fingerprint density at radius 2 is 2.05 bits per heavy atom. The Morgan fingerprint density at radius 1 is 1.25 bits per heavy atom. The minimum atomic E-state index is -0.0550. The number of aryl methyl sites for hydroxylation is 2. The third kappa shape index (κ3) is 3.54. The van der Waals surface area contributed by atoms with E-state index < -0.39 is 0 Å². The summed E-state index contributed by atoms with van der Waals surface area (Å²) in [5, 5.41) is 7.63. The molecule has 0 radical (unpaired) electrons. The highest BCUT2D eigenvalue weighted by atomic mass is 16.1. The zero-order chi connectivity index (χ0) is 14.5. The monoisotopic (exact) mass is 271 g/mol. The van der Waals surface area contributed by atoms with Gasteiger partial charge in [0, 0.05) is 6.07 Å². The molecule has 1 N–H and O–H groups in total. The molecule has 0 spiro atoms. The van der Waals surface area contributed by atoms with Gasteiger partial charge in [-0.05, 0) is 31.5 Å². The summed E-state index contributed by atoms with van der Waals surface area (Å²) in [6, 6.07) is 10.1. The van der Waals surface area contributed by atoms with Crippen molar-refractivity contribution in [2.75, 3.05) is 6.54 Å². The molecule has 2 aromatic rings. The number of rotatable bonds is 5. The van der Waals surface area contributed by atoms with Crippen molar-refractivity contribution in [1.82, 2.24) is 15.1 Å². The van der Waals surface area contributed by atoms with Crippen LogP contribution in [0.3, 0.4) is 0 Å². The summed E-state index contributed by atoms with van der Waals surface area (Å²) in [7, 11) is 0. The molecule has 0 saturated heterocycles. The molecule has 0 aliphatic carbocycles. The largest absolute Gasteiger partial charge is 0.309 e. The molecule has 4 nitrogen and oxygen atoms in total. The Labute approximate surface area is 119 Å². The van der Waals surface area contributed by atoms with Crippen molar-refractivity contribution in [1.29, 1.82) is 0 Å². The lowest BCUT2D eigenvalue weighted by Gasteiger charge is -2.19. The zero-order valence-corrected chi connectivity index (χ0v) is 12.3. The van der Waals surface area contributed by atoms with E-state index in [1.807, 2.05) is 13.0 Å². The third-order valence-corrected chi connectivity index (χ3v) is 3.26. The number of likely N-dealkylation sites (N-methyl/N-ethyl adjacent to an activating group) is 1. The number of nitrogens with one attached hydrogen (secondary N) is 1. The lowest BCUT2D eigenvalue weighted by Crippen LogP contribution is -2.31. The van der Waals surface area contributed by atoms with E-state index in [-0.39, 0.29) is 11.6 Å². The maximum absolute atomic E-state index is 12.0. The van der Waals surface area contributed by atoms with Crippen LogP contribution < -0.4 is 10.9 Å². The van der Waals surface area contributed by atoms with Gasteiger partial charge in [-0.2, -0.15) is 5.10 Å². The molecular weight excluding hydrogens is 250 g/mol. The van der Waals surface area contributed by atoms with Gasteiger partial charge in [0.05, 0.1) is 18.8 Å². The molecule has 0 saturated carbocycles. The zero-order valence-electron chi connectivity index (χ0n) is 12.3. The molecule has 0 amide bonds. The summed E-state index contributed by atoms with van der Waals surface area (Å²) in [5.74, 6) is 0. The number of nitrogens with zero attached hydrogens (tertiary/aromatic N) is 2. The molecule has 2 rings (SSSR count). The van der Waals surface area contributed by atoms with Crippen LogP contribution in [0.5, 0.6) is 0 Å². The highest BCUT2D eigenvalue weighted by molar-refractivity contribution is 5.25. The fourth-order valence-electron chi connectivity index (χ4n) is 2.26. The minimum absolute atomic E-state index is 0.0550. The van der Waals surface area contributed by atoms with E-state index in [0.29, 0.717) is 6.54 Å². The first-order valence-electron chi connectivity index (χ1n) is 6.94. The SMILES string of the molecule is CCNC(Cn1ncc(C)cc1=O)c1cccc(C)c1. The van der Waals surface area contributed by atoms with E-state index in [9.17, 15) is 4.79 Å². The normalized spacial score (nSPS) is 12.3. The molecule has 1 aromatic heterocycles. The van der Waals surface area contributed by atoms with Crippen LogP contribution >= 0.6 is 0 Å². The molecule has 20 heavy (non-hydrogen) atoms. The lowest BCUT2D eigenvalue weighted by atomic mass is 10.0. The molecule has 1 atom stereocenters. The Bertz CT molecular complexity index is 634. The Hall–Kier alpha value is -1.94. The second kappa shape index (κ2) is 6.48.